The third-order valence-corrected chi connectivity index (χ3v) is 5.30. The number of rotatable bonds is 3. The highest BCUT2D eigenvalue weighted by atomic mass is 16.5. The summed E-state index contributed by atoms with van der Waals surface area (Å²) >= 11 is 0. The van der Waals surface area contributed by atoms with E-state index in [2.05, 4.69) is 18.2 Å². The van der Waals surface area contributed by atoms with Crippen LogP contribution in [0.4, 0.5) is 0 Å². The van der Waals surface area contributed by atoms with Gasteiger partial charge in [0, 0.05) is 26.3 Å². The molecule has 1 aliphatic heterocycles. The molecule has 2 heterocycles. The maximum atomic E-state index is 12.9. The molecule has 0 bridgehead atoms. The first kappa shape index (κ1) is 17.3. The van der Waals surface area contributed by atoms with Crippen molar-refractivity contribution in [2.24, 2.45) is 30.7 Å². The minimum Gasteiger partial charge on any atom is -0.466 e. The summed E-state index contributed by atoms with van der Waals surface area (Å²) in [6, 6.07) is 3.68. The van der Waals surface area contributed by atoms with Crippen molar-refractivity contribution < 1.29 is 14.3 Å². The largest absolute Gasteiger partial charge is 0.466 e. The van der Waals surface area contributed by atoms with E-state index in [1.807, 2.05) is 13.8 Å². The molecule has 0 radical (unpaired) electrons. The van der Waals surface area contributed by atoms with Crippen LogP contribution in [0.2, 0.25) is 0 Å². The minimum absolute atomic E-state index is 0.0821. The smallest absolute Gasteiger partial charge is 0.309 e. The van der Waals surface area contributed by atoms with Crippen LogP contribution in [0.15, 0.2) is 24.4 Å². The molecular formula is C19H23N3O3. The number of hydrogen-bond acceptors (Lipinski definition) is 4. The number of nitriles is 1. The van der Waals surface area contributed by atoms with Crippen molar-refractivity contribution in [2.45, 2.75) is 13.8 Å². The molecule has 2 aliphatic rings. The Morgan fingerprint density at radius 3 is 2.76 bits per heavy atom. The van der Waals surface area contributed by atoms with E-state index in [4.69, 9.17) is 10.00 Å². The zero-order chi connectivity index (χ0) is 18.1. The molecule has 3 rings (SSSR count). The quantitative estimate of drug-likeness (QED) is 0.622. The zero-order valence-corrected chi connectivity index (χ0v) is 14.8. The average Bonchev–Trinajstić information content (AvgIpc) is 3.17. The Hall–Kier alpha value is -2.55. The molecule has 6 nitrogen and oxygen atoms in total. The normalized spacial score (nSPS) is 27.7. The number of carbonyl (C=O) groups excluding carboxylic acids is 2. The lowest BCUT2D eigenvalue weighted by Crippen LogP contribution is -2.37. The number of allylic oxidation sites excluding steroid dienone is 1. The van der Waals surface area contributed by atoms with E-state index >= 15 is 0 Å². The second-order valence-corrected chi connectivity index (χ2v) is 6.90. The molecular weight excluding hydrogens is 318 g/mol. The van der Waals surface area contributed by atoms with Crippen LogP contribution in [0.25, 0.3) is 0 Å². The maximum absolute atomic E-state index is 12.9. The number of fused-ring (bicyclic) bond motifs is 1. The third kappa shape index (κ3) is 3.07. The predicted octanol–water partition coefficient (Wildman–Crippen LogP) is 1.97. The molecule has 4 atom stereocenters. The number of carbonyl (C=O) groups is 2. The van der Waals surface area contributed by atoms with Crippen molar-refractivity contribution in [3.05, 3.63) is 35.7 Å². The molecule has 0 aromatic carbocycles. The van der Waals surface area contributed by atoms with Crippen LogP contribution in [0.5, 0.6) is 0 Å². The fraction of sp³-hybridized carbons (Fsp3) is 0.526. The molecule has 132 valence electrons. The molecule has 1 aromatic rings. The number of hydrogen-bond donors (Lipinski definition) is 0. The van der Waals surface area contributed by atoms with Gasteiger partial charge < -0.3 is 14.2 Å². The Balaban J connectivity index is 1.81. The summed E-state index contributed by atoms with van der Waals surface area (Å²) in [5, 5.41) is 9.02. The Bertz CT molecular complexity index is 758. The van der Waals surface area contributed by atoms with Gasteiger partial charge in [-0.25, -0.2) is 0 Å². The second kappa shape index (κ2) is 6.75. The molecule has 1 amide bonds. The van der Waals surface area contributed by atoms with E-state index in [9.17, 15) is 9.59 Å². The fourth-order valence-corrected chi connectivity index (χ4v) is 4.06. The van der Waals surface area contributed by atoms with Gasteiger partial charge in [0.05, 0.1) is 18.1 Å². The molecule has 1 fully saturated rings. The van der Waals surface area contributed by atoms with Crippen LogP contribution in [0.1, 0.15) is 29.9 Å². The lowest BCUT2D eigenvalue weighted by molar-refractivity contribution is -0.152. The van der Waals surface area contributed by atoms with E-state index in [1.54, 1.807) is 28.8 Å². The van der Waals surface area contributed by atoms with Gasteiger partial charge in [-0.1, -0.05) is 19.1 Å². The van der Waals surface area contributed by atoms with Gasteiger partial charge in [0.25, 0.3) is 5.91 Å². The summed E-state index contributed by atoms with van der Waals surface area (Å²) in [6.45, 7) is 5.33. The van der Waals surface area contributed by atoms with Crippen LogP contribution >= 0.6 is 0 Å². The van der Waals surface area contributed by atoms with E-state index in [1.165, 1.54) is 0 Å². The number of ether oxygens (including phenoxy) is 1. The lowest BCUT2D eigenvalue weighted by Gasteiger charge is -2.31. The van der Waals surface area contributed by atoms with Crippen LogP contribution < -0.4 is 0 Å². The number of aryl methyl sites for hydroxylation is 1. The number of amides is 1. The van der Waals surface area contributed by atoms with Gasteiger partial charge in [0.2, 0.25) is 0 Å². The Morgan fingerprint density at radius 1 is 1.36 bits per heavy atom. The van der Waals surface area contributed by atoms with Crippen molar-refractivity contribution in [3.8, 4) is 6.07 Å². The number of likely N-dealkylation sites (tertiary alicyclic amines) is 1. The topological polar surface area (TPSA) is 75.3 Å². The van der Waals surface area contributed by atoms with Gasteiger partial charge in [-0.15, -0.1) is 0 Å². The number of esters is 1. The molecule has 6 heteroatoms. The van der Waals surface area contributed by atoms with Gasteiger partial charge in [-0.3, -0.25) is 9.59 Å². The van der Waals surface area contributed by atoms with Crippen molar-refractivity contribution in [1.82, 2.24) is 9.47 Å². The van der Waals surface area contributed by atoms with Crippen molar-refractivity contribution in [2.75, 3.05) is 19.7 Å². The number of nitrogens with zero attached hydrogens (tertiary/aromatic N) is 3. The Kier molecular flexibility index (Phi) is 4.67. The van der Waals surface area contributed by atoms with Gasteiger partial charge in [0.1, 0.15) is 11.8 Å². The molecule has 0 unspecified atom stereocenters. The fourth-order valence-electron chi connectivity index (χ4n) is 4.06. The summed E-state index contributed by atoms with van der Waals surface area (Å²) in [6.07, 6.45) is 5.84. The molecule has 1 aromatic heterocycles. The van der Waals surface area contributed by atoms with Crippen LogP contribution in [0, 0.1) is 35.0 Å². The summed E-state index contributed by atoms with van der Waals surface area (Å²) in [4.78, 5) is 27.1. The summed E-state index contributed by atoms with van der Waals surface area (Å²) in [7, 11) is 1.76. The summed E-state index contributed by atoms with van der Waals surface area (Å²) in [5.41, 5.74) is 0.972. The van der Waals surface area contributed by atoms with E-state index in [-0.39, 0.29) is 35.5 Å². The highest BCUT2D eigenvalue weighted by molar-refractivity contribution is 5.93. The van der Waals surface area contributed by atoms with Crippen LogP contribution in [-0.2, 0) is 16.6 Å². The SMILES string of the molecule is CCOC(=O)[C@H]1[C@@H]2CN(C(=O)c3cc(C#N)cn3C)C[C@@H]2C=C[C@@H]1C. The third-order valence-electron chi connectivity index (χ3n) is 5.30. The number of aromatic nitrogens is 1. The predicted molar refractivity (Wildman–Crippen MR) is 91.4 cm³/mol. The Labute approximate surface area is 147 Å². The van der Waals surface area contributed by atoms with Gasteiger partial charge in [-0.2, -0.15) is 5.26 Å². The van der Waals surface area contributed by atoms with E-state index in [0.717, 1.165) is 0 Å². The molecule has 0 saturated carbocycles. The van der Waals surface area contributed by atoms with Gasteiger partial charge >= 0.3 is 5.97 Å². The van der Waals surface area contributed by atoms with Crippen molar-refractivity contribution in [1.29, 1.82) is 5.26 Å². The maximum Gasteiger partial charge on any atom is 0.309 e. The molecule has 1 aliphatic carbocycles. The van der Waals surface area contributed by atoms with Crippen LogP contribution in [0.3, 0.4) is 0 Å². The second-order valence-electron chi connectivity index (χ2n) is 6.90. The monoisotopic (exact) mass is 341 g/mol. The standard InChI is InChI=1S/C19H23N3O3/c1-4-25-19(24)17-12(2)5-6-14-10-22(11-15(14)17)18(23)16-7-13(8-20)9-21(16)3/h5-7,9,12,14-15,17H,4,10-11H2,1-3H3/t12-,14-,15+,17+/m0/s1. The molecule has 0 N–H and O–H groups in total. The zero-order valence-electron chi connectivity index (χ0n) is 14.8. The average molecular weight is 341 g/mol. The molecule has 25 heavy (non-hydrogen) atoms. The van der Waals surface area contributed by atoms with Crippen molar-refractivity contribution >= 4 is 11.9 Å². The summed E-state index contributed by atoms with van der Waals surface area (Å²) < 4.78 is 6.95. The first-order valence-electron chi connectivity index (χ1n) is 8.67. The highest BCUT2D eigenvalue weighted by Crippen LogP contribution is 2.40. The lowest BCUT2D eigenvalue weighted by atomic mass is 9.72. The van der Waals surface area contributed by atoms with Crippen LogP contribution in [-0.4, -0.2) is 41.0 Å². The van der Waals surface area contributed by atoms with Gasteiger partial charge in [0.15, 0.2) is 0 Å². The molecule has 1 saturated heterocycles. The molecule has 0 spiro atoms. The first-order chi connectivity index (χ1) is 12.0. The van der Waals surface area contributed by atoms with E-state index in [0.29, 0.717) is 31.0 Å². The minimum atomic E-state index is -0.212. The summed E-state index contributed by atoms with van der Waals surface area (Å²) in [5.74, 6) is -0.119. The highest BCUT2D eigenvalue weighted by Gasteiger charge is 2.46. The van der Waals surface area contributed by atoms with E-state index < -0.39 is 0 Å². The van der Waals surface area contributed by atoms with Crippen molar-refractivity contribution in [3.63, 3.8) is 0 Å². The Morgan fingerprint density at radius 2 is 2.12 bits per heavy atom. The first-order valence-corrected chi connectivity index (χ1v) is 8.67. The van der Waals surface area contributed by atoms with Gasteiger partial charge in [-0.05, 0) is 30.7 Å².